The lowest BCUT2D eigenvalue weighted by molar-refractivity contribution is -0.118. The second kappa shape index (κ2) is 7.59. The van der Waals surface area contributed by atoms with Crippen molar-refractivity contribution in [2.75, 3.05) is 16.4 Å². The van der Waals surface area contributed by atoms with Gasteiger partial charge in [-0.25, -0.2) is 8.42 Å². The van der Waals surface area contributed by atoms with Gasteiger partial charge >= 0.3 is 0 Å². The van der Waals surface area contributed by atoms with Gasteiger partial charge in [0.05, 0.1) is 17.5 Å². The molecule has 2 atom stereocenters. The molecule has 7 heteroatoms. The fraction of sp³-hybridized carbons (Fsp3) is 0.600. The molecule has 1 aliphatic carbocycles. The number of nitrogens with zero attached hydrogens (tertiary/aromatic N) is 2. The van der Waals surface area contributed by atoms with Crippen LogP contribution in [0.3, 0.4) is 0 Å². The Bertz CT molecular complexity index is 842. The van der Waals surface area contributed by atoms with Crippen LogP contribution in [0.1, 0.15) is 44.1 Å². The summed E-state index contributed by atoms with van der Waals surface area (Å²) in [5.41, 5.74) is 2.06. The number of aryl methyl sites for hydroxylation is 1. The van der Waals surface area contributed by atoms with Gasteiger partial charge in [-0.2, -0.15) is 4.99 Å². The van der Waals surface area contributed by atoms with Gasteiger partial charge in [0.15, 0.2) is 15.0 Å². The van der Waals surface area contributed by atoms with Gasteiger partial charge < -0.3 is 4.90 Å². The van der Waals surface area contributed by atoms with Crippen LogP contribution in [0.25, 0.3) is 0 Å². The number of amides is 1. The number of hydrogen-bond acceptors (Lipinski definition) is 4. The maximum atomic E-state index is 12.5. The molecule has 5 nitrogen and oxygen atoms in total. The Morgan fingerprint density at radius 3 is 2.59 bits per heavy atom. The summed E-state index contributed by atoms with van der Waals surface area (Å²) in [7, 11) is -3.03. The van der Waals surface area contributed by atoms with E-state index in [1.54, 1.807) is 0 Å². The molecule has 0 unspecified atom stereocenters. The van der Waals surface area contributed by atoms with E-state index in [0.29, 0.717) is 17.5 Å². The molecule has 146 valence electrons. The first-order chi connectivity index (χ1) is 12.9. The highest BCUT2D eigenvalue weighted by Gasteiger charge is 2.49. The third-order valence-electron chi connectivity index (χ3n) is 5.84. The molecule has 0 aromatic heterocycles. The van der Waals surface area contributed by atoms with Gasteiger partial charge in [0.25, 0.3) is 0 Å². The van der Waals surface area contributed by atoms with Gasteiger partial charge in [0.2, 0.25) is 5.91 Å². The Morgan fingerprint density at radius 1 is 1.19 bits per heavy atom. The standard InChI is InChI=1S/C20H26N2O3S2/c1-14-6-9-16(10-7-14)22-17-12-27(24,25)13-18(17)26-20(22)21-19(23)11-8-15-4-2-3-5-15/h6-7,9-10,15,17-18H,2-5,8,11-13H2,1H3/t17-,18-/m1/s1. The summed E-state index contributed by atoms with van der Waals surface area (Å²) in [6.45, 7) is 2.02. The molecule has 0 spiro atoms. The molecular formula is C20H26N2O3S2. The van der Waals surface area contributed by atoms with Crippen LogP contribution in [0, 0.1) is 12.8 Å². The first-order valence-corrected chi connectivity index (χ1v) is 12.5. The molecule has 3 fully saturated rings. The summed E-state index contributed by atoms with van der Waals surface area (Å²) in [5.74, 6) is 0.890. The first-order valence-electron chi connectivity index (χ1n) is 9.76. The molecule has 2 saturated heterocycles. The molecule has 4 rings (SSSR count). The minimum absolute atomic E-state index is 0.0438. The smallest absolute Gasteiger partial charge is 0.248 e. The molecule has 2 aliphatic heterocycles. The predicted octanol–water partition coefficient (Wildman–Crippen LogP) is 3.57. The lowest BCUT2D eigenvalue weighted by Crippen LogP contribution is -2.37. The molecule has 0 bridgehead atoms. The Morgan fingerprint density at radius 2 is 1.89 bits per heavy atom. The fourth-order valence-electron chi connectivity index (χ4n) is 4.36. The van der Waals surface area contributed by atoms with Gasteiger partial charge in [-0.3, -0.25) is 4.79 Å². The number of aliphatic imine (C=N–C) groups is 1. The molecule has 0 N–H and O–H groups in total. The van der Waals surface area contributed by atoms with Crippen molar-refractivity contribution < 1.29 is 13.2 Å². The Hall–Kier alpha value is -1.34. The number of carbonyl (C=O) groups excluding carboxylic acids is 1. The van der Waals surface area contributed by atoms with E-state index in [1.165, 1.54) is 37.4 Å². The van der Waals surface area contributed by atoms with Crippen molar-refractivity contribution in [3.05, 3.63) is 29.8 Å². The van der Waals surface area contributed by atoms with Gasteiger partial charge in [-0.05, 0) is 31.4 Å². The summed E-state index contributed by atoms with van der Waals surface area (Å²) in [4.78, 5) is 18.9. The first kappa shape index (κ1) is 19.0. The van der Waals surface area contributed by atoms with E-state index < -0.39 is 9.84 Å². The van der Waals surface area contributed by atoms with E-state index in [-0.39, 0.29) is 28.7 Å². The van der Waals surface area contributed by atoms with Crippen molar-refractivity contribution in [1.82, 2.24) is 0 Å². The summed E-state index contributed by atoms with van der Waals surface area (Å²) in [6, 6.07) is 7.86. The summed E-state index contributed by atoms with van der Waals surface area (Å²) >= 11 is 1.45. The number of benzene rings is 1. The molecule has 1 aromatic carbocycles. The average molecular weight is 407 g/mol. The lowest BCUT2D eigenvalue weighted by atomic mass is 10.0. The van der Waals surface area contributed by atoms with Crippen LogP contribution in [0.2, 0.25) is 0 Å². The molecule has 1 amide bonds. The molecule has 0 radical (unpaired) electrons. The van der Waals surface area contributed by atoms with Crippen molar-refractivity contribution >= 4 is 38.4 Å². The highest BCUT2D eigenvalue weighted by molar-refractivity contribution is 8.16. The van der Waals surface area contributed by atoms with Crippen molar-refractivity contribution in [3.63, 3.8) is 0 Å². The van der Waals surface area contributed by atoms with Gasteiger partial charge in [0, 0.05) is 17.4 Å². The topological polar surface area (TPSA) is 66.8 Å². The van der Waals surface area contributed by atoms with E-state index in [0.717, 1.165) is 17.7 Å². The average Bonchev–Trinajstić information content (AvgIpc) is 3.29. The van der Waals surface area contributed by atoms with Crippen LogP contribution in [0.4, 0.5) is 5.69 Å². The third-order valence-corrected chi connectivity index (χ3v) is 9.05. The number of anilines is 1. The zero-order valence-corrected chi connectivity index (χ0v) is 17.3. The second-order valence-corrected chi connectivity index (χ2v) is 11.3. The highest BCUT2D eigenvalue weighted by Crippen LogP contribution is 2.41. The second-order valence-electron chi connectivity index (χ2n) is 7.98. The summed E-state index contributed by atoms with van der Waals surface area (Å²) < 4.78 is 24.2. The Kier molecular flexibility index (Phi) is 5.34. The SMILES string of the molecule is Cc1ccc(N2C(=NC(=O)CCC3CCCC3)S[C@@H]3CS(=O)(=O)C[C@H]32)cc1. The number of thioether (sulfide) groups is 1. The van der Waals surface area contributed by atoms with Crippen LogP contribution in [0.15, 0.2) is 29.3 Å². The Labute approximate surface area is 165 Å². The fourth-order valence-corrected chi connectivity index (χ4v) is 8.29. The minimum atomic E-state index is -3.03. The number of hydrogen-bond donors (Lipinski definition) is 0. The van der Waals surface area contributed by atoms with Crippen molar-refractivity contribution in [3.8, 4) is 0 Å². The van der Waals surface area contributed by atoms with Crippen LogP contribution in [-0.2, 0) is 14.6 Å². The Balaban J connectivity index is 1.54. The number of carbonyl (C=O) groups is 1. The maximum Gasteiger partial charge on any atom is 0.248 e. The number of sulfone groups is 1. The summed E-state index contributed by atoms with van der Waals surface area (Å²) in [6.07, 6.45) is 6.44. The molecule has 1 saturated carbocycles. The van der Waals surface area contributed by atoms with Gasteiger partial charge in [-0.15, -0.1) is 0 Å². The van der Waals surface area contributed by atoms with E-state index in [9.17, 15) is 13.2 Å². The predicted molar refractivity (Wildman–Crippen MR) is 111 cm³/mol. The van der Waals surface area contributed by atoms with Crippen molar-refractivity contribution in [1.29, 1.82) is 0 Å². The van der Waals surface area contributed by atoms with Crippen LogP contribution in [0.5, 0.6) is 0 Å². The number of amidine groups is 1. The third kappa shape index (κ3) is 4.24. The molecule has 1 aromatic rings. The van der Waals surface area contributed by atoms with Gasteiger partial charge in [-0.1, -0.05) is 55.1 Å². The molecular weight excluding hydrogens is 380 g/mol. The minimum Gasteiger partial charge on any atom is -0.316 e. The zero-order chi connectivity index (χ0) is 19.0. The number of rotatable bonds is 4. The summed E-state index contributed by atoms with van der Waals surface area (Å²) in [5, 5.41) is 0.623. The van der Waals surface area contributed by atoms with Crippen molar-refractivity contribution in [2.24, 2.45) is 10.9 Å². The van der Waals surface area contributed by atoms with Crippen LogP contribution >= 0.6 is 11.8 Å². The normalized spacial score (nSPS) is 28.8. The molecule has 3 aliphatic rings. The van der Waals surface area contributed by atoms with Crippen LogP contribution < -0.4 is 4.90 Å². The van der Waals surface area contributed by atoms with E-state index in [2.05, 4.69) is 4.99 Å². The van der Waals surface area contributed by atoms with Gasteiger partial charge in [0.1, 0.15) is 0 Å². The number of fused-ring (bicyclic) bond motifs is 1. The largest absolute Gasteiger partial charge is 0.316 e. The molecule has 27 heavy (non-hydrogen) atoms. The molecule has 2 heterocycles. The highest BCUT2D eigenvalue weighted by atomic mass is 32.2. The van der Waals surface area contributed by atoms with Crippen LogP contribution in [-0.4, -0.2) is 42.3 Å². The monoisotopic (exact) mass is 406 g/mol. The van der Waals surface area contributed by atoms with E-state index in [1.807, 2.05) is 36.1 Å². The van der Waals surface area contributed by atoms with Crippen molar-refractivity contribution in [2.45, 2.75) is 56.7 Å². The van der Waals surface area contributed by atoms with E-state index in [4.69, 9.17) is 0 Å². The van der Waals surface area contributed by atoms with E-state index >= 15 is 0 Å². The maximum absolute atomic E-state index is 12.5. The lowest BCUT2D eigenvalue weighted by Gasteiger charge is -2.24. The zero-order valence-electron chi connectivity index (χ0n) is 15.6. The quantitative estimate of drug-likeness (QED) is 0.765.